The Hall–Kier alpha value is -2.71. The van der Waals surface area contributed by atoms with Crippen LogP contribution in [-0.2, 0) is 12.1 Å². The second kappa shape index (κ2) is 7.15. The van der Waals surface area contributed by atoms with Crippen LogP contribution < -0.4 is 0 Å². The van der Waals surface area contributed by atoms with Crippen LogP contribution in [0.25, 0.3) is 22.3 Å². The lowest BCUT2D eigenvalue weighted by molar-refractivity contribution is -0.246. The first kappa shape index (κ1) is 21.2. The van der Waals surface area contributed by atoms with Gasteiger partial charge in [0, 0.05) is 22.9 Å². The molecule has 1 unspecified atom stereocenters. The summed E-state index contributed by atoms with van der Waals surface area (Å²) in [5.74, 6) is -0.882. The molecule has 8 heteroatoms. The SMILES string of the molecule is OC1(Cn2cc(-c3cc(F)cc4c3-c3ccccc3C4(O)C(F)(F)F)cn2)CCCCC1. The number of aliphatic hydroxyl groups is 2. The molecule has 5 rings (SSSR count). The minimum Gasteiger partial charge on any atom is -0.388 e. The minimum atomic E-state index is -5.03. The Balaban J connectivity index is 1.64. The molecule has 1 heterocycles. The fraction of sp³-hybridized carbons (Fsp3) is 0.375. The number of hydrogen-bond acceptors (Lipinski definition) is 3. The number of alkyl halides is 3. The van der Waals surface area contributed by atoms with Crippen LogP contribution in [0, 0.1) is 5.82 Å². The van der Waals surface area contributed by atoms with Gasteiger partial charge in [0.25, 0.3) is 0 Å². The van der Waals surface area contributed by atoms with E-state index in [1.165, 1.54) is 24.4 Å². The average molecular weight is 446 g/mol. The summed E-state index contributed by atoms with van der Waals surface area (Å²) in [4.78, 5) is 0. The largest absolute Gasteiger partial charge is 0.425 e. The third-order valence-electron chi connectivity index (χ3n) is 6.67. The topological polar surface area (TPSA) is 58.3 Å². The molecule has 4 nitrogen and oxygen atoms in total. The van der Waals surface area contributed by atoms with E-state index in [9.17, 15) is 27.8 Å². The van der Waals surface area contributed by atoms with E-state index in [-0.39, 0.29) is 28.8 Å². The highest BCUT2D eigenvalue weighted by Crippen LogP contribution is 2.57. The van der Waals surface area contributed by atoms with E-state index in [1.54, 1.807) is 16.9 Å². The van der Waals surface area contributed by atoms with Gasteiger partial charge in [0.05, 0.1) is 18.3 Å². The van der Waals surface area contributed by atoms with Crippen molar-refractivity contribution in [1.29, 1.82) is 0 Å². The molecule has 1 atom stereocenters. The van der Waals surface area contributed by atoms with Crippen LogP contribution >= 0.6 is 0 Å². The number of halogens is 4. The number of fused-ring (bicyclic) bond motifs is 3. The van der Waals surface area contributed by atoms with Gasteiger partial charge >= 0.3 is 6.18 Å². The molecule has 0 bridgehead atoms. The van der Waals surface area contributed by atoms with E-state index in [0.29, 0.717) is 18.4 Å². The van der Waals surface area contributed by atoms with Crippen molar-refractivity contribution in [3.63, 3.8) is 0 Å². The monoisotopic (exact) mass is 446 g/mol. The predicted octanol–water partition coefficient (Wildman–Crippen LogP) is 5.16. The lowest BCUT2D eigenvalue weighted by atomic mass is 9.85. The first-order valence-electron chi connectivity index (χ1n) is 10.6. The highest BCUT2D eigenvalue weighted by atomic mass is 19.4. The summed E-state index contributed by atoms with van der Waals surface area (Å²) < 4.78 is 58.3. The lowest BCUT2D eigenvalue weighted by Gasteiger charge is -2.31. The fourth-order valence-electron chi connectivity index (χ4n) is 5.14. The summed E-state index contributed by atoms with van der Waals surface area (Å²) in [6, 6.07) is 7.62. The summed E-state index contributed by atoms with van der Waals surface area (Å²) in [6.07, 6.45) is 2.26. The minimum absolute atomic E-state index is 0.137. The second-order valence-corrected chi connectivity index (χ2v) is 8.84. The Bertz CT molecular complexity index is 1180. The van der Waals surface area contributed by atoms with Gasteiger partial charge in [0.2, 0.25) is 5.60 Å². The highest BCUT2D eigenvalue weighted by molar-refractivity contribution is 5.92. The fourth-order valence-corrected chi connectivity index (χ4v) is 5.14. The van der Waals surface area contributed by atoms with Crippen molar-refractivity contribution >= 4 is 0 Å². The molecule has 2 aliphatic rings. The van der Waals surface area contributed by atoms with E-state index >= 15 is 0 Å². The van der Waals surface area contributed by atoms with Crippen LogP contribution in [0.15, 0.2) is 48.8 Å². The zero-order chi connectivity index (χ0) is 22.7. The van der Waals surface area contributed by atoms with E-state index in [2.05, 4.69) is 5.10 Å². The Morgan fingerprint density at radius 2 is 1.69 bits per heavy atom. The van der Waals surface area contributed by atoms with Gasteiger partial charge in [-0.3, -0.25) is 4.68 Å². The van der Waals surface area contributed by atoms with E-state index < -0.39 is 28.8 Å². The van der Waals surface area contributed by atoms with Crippen LogP contribution in [0.2, 0.25) is 0 Å². The molecule has 2 aliphatic carbocycles. The number of hydrogen-bond donors (Lipinski definition) is 2. The van der Waals surface area contributed by atoms with Gasteiger partial charge in [0.1, 0.15) is 5.82 Å². The molecule has 3 aromatic rings. The highest BCUT2D eigenvalue weighted by Gasteiger charge is 2.61. The second-order valence-electron chi connectivity index (χ2n) is 8.84. The van der Waals surface area contributed by atoms with Gasteiger partial charge in [-0.25, -0.2) is 4.39 Å². The van der Waals surface area contributed by atoms with Crippen LogP contribution in [-0.4, -0.2) is 31.8 Å². The van der Waals surface area contributed by atoms with Crippen molar-refractivity contribution in [1.82, 2.24) is 9.78 Å². The molecule has 32 heavy (non-hydrogen) atoms. The Morgan fingerprint density at radius 3 is 2.41 bits per heavy atom. The molecule has 0 amide bonds. The Morgan fingerprint density at radius 1 is 0.969 bits per heavy atom. The third-order valence-corrected chi connectivity index (χ3v) is 6.67. The lowest BCUT2D eigenvalue weighted by Crippen LogP contribution is -2.41. The van der Waals surface area contributed by atoms with Crippen LogP contribution in [0.3, 0.4) is 0 Å². The van der Waals surface area contributed by atoms with Gasteiger partial charge in [-0.1, -0.05) is 43.5 Å². The molecule has 0 spiro atoms. The van der Waals surface area contributed by atoms with Gasteiger partial charge < -0.3 is 10.2 Å². The zero-order valence-corrected chi connectivity index (χ0v) is 17.2. The average Bonchev–Trinajstić information content (AvgIpc) is 3.29. The van der Waals surface area contributed by atoms with Crippen molar-refractivity contribution in [3.8, 4) is 22.3 Å². The van der Waals surface area contributed by atoms with E-state index in [0.717, 1.165) is 31.4 Å². The van der Waals surface area contributed by atoms with E-state index in [4.69, 9.17) is 0 Å². The van der Waals surface area contributed by atoms with Crippen molar-refractivity contribution in [2.24, 2.45) is 0 Å². The van der Waals surface area contributed by atoms with Crippen LogP contribution in [0.1, 0.15) is 43.2 Å². The zero-order valence-electron chi connectivity index (χ0n) is 17.2. The van der Waals surface area contributed by atoms with Gasteiger partial charge in [-0.05, 0) is 41.7 Å². The first-order chi connectivity index (χ1) is 15.1. The molecule has 1 aromatic heterocycles. The van der Waals surface area contributed by atoms with Gasteiger partial charge in [-0.2, -0.15) is 18.3 Å². The number of rotatable bonds is 3. The Labute approximate surface area is 182 Å². The summed E-state index contributed by atoms with van der Waals surface area (Å²) in [5, 5.41) is 25.9. The van der Waals surface area contributed by atoms with Crippen molar-refractivity contribution in [3.05, 3.63) is 65.7 Å². The first-order valence-corrected chi connectivity index (χ1v) is 10.6. The molecule has 2 aromatic carbocycles. The maximum absolute atomic E-state index is 14.6. The molecule has 2 N–H and O–H groups in total. The molecule has 0 saturated heterocycles. The summed E-state index contributed by atoms with van der Waals surface area (Å²) >= 11 is 0. The molecule has 0 aliphatic heterocycles. The summed E-state index contributed by atoms with van der Waals surface area (Å²) in [6.45, 7) is 0.258. The quantitative estimate of drug-likeness (QED) is 0.547. The van der Waals surface area contributed by atoms with Crippen molar-refractivity contribution in [2.75, 3.05) is 0 Å². The molecule has 168 valence electrons. The number of nitrogens with zero attached hydrogens (tertiary/aromatic N) is 2. The Kier molecular flexibility index (Phi) is 4.73. The number of benzene rings is 2. The standard InChI is InChI=1S/C24H22F4N2O2/c25-16-10-18(15-12-29-30(13-15)14-22(31)8-4-1-5-9-22)21-17-6-2-3-7-19(17)23(32,20(21)11-16)24(26,27)28/h2-3,6-7,10-13,31-32H,1,4-5,8-9,14H2. The number of aromatic nitrogens is 2. The maximum Gasteiger partial charge on any atom is 0.425 e. The molecular weight excluding hydrogens is 424 g/mol. The van der Waals surface area contributed by atoms with Crippen molar-refractivity contribution < 1.29 is 27.8 Å². The van der Waals surface area contributed by atoms with Crippen LogP contribution in [0.5, 0.6) is 0 Å². The summed E-state index contributed by atoms with van der Waals surface area (Å²) in [5.41, 5.74) is -4.06. The molecular formula is C24H22F4N2O2. The van der Waals surface area contributed by atoms with Gasteiger partial charge in [0.15, 0.2) is 0 Å². The van der Waals surface area contributed by atoms with E-state index in [1.807, 2.05) is 0 Å². The predicted molar refractivity (Wildman–Crippen MR) is 110 cm³/mol. The smallest absolute Gasteiger partial charge is 0.388 e. The third kappa shape index (κ3) is 3.16. The molecule has 1 saturated carbocycles. The summed E-state index contributed by atoms with van der Waals surface area (Å²) in [7, 11) is 0. The normalized spacial score (nSPS) is 21.9. The van der Waals surface area contributed by atoms with Gasteiger partial charge in [-0.15, -0.1) is 0 Å². The molecule has 0 radical (unpaired) electrons. The van der Waals surface area contributed by atoms with Crippen molar-refractivity contribution in [2.45, 2.75) is 56.0 Å². The maximum atomic E-state index is 14.6. The molecule has 1 fully saturated rings. The van der Waals surface area contributed by atoms with Crippen LogP contribution in [0.4, 0.5) is 17.6 Å².